The third-order valence-electron chi connectivity index (χ3n) is 3.81. The van der Waals surface area contributed by atoms with Gasteiger partial charge in [-0.2, -0.15) is 5.10 Å². The molecule has 1 fully saturated rings. The standard InChI is InChI=1S/C14H24N4S/c1-4-18-9-13(11(3)17-18)10(2)15-14(19)16-12-7-5-6-8-12/h9-10,12H,4-8H2,1-3H3,(H2,15,16,19). The predicted molar refractivity (Wildman–Crippen MR) is 82.2 cm³/mol. The third-order valence-corrected chi connectivity index (χ3v) is 4.05. The van der Waals surface area contributed by atoms with Gasteiger partial charge in [0, 0.05) is 24.3 Å². The first kappa shape index (κ1) is 14.3. The molecule has 5 heteroatoms. The van der Waals surface area contributed by atoms with Crippen LogP contribution in [0.2, 0.25) is 0 Å². The van der Waals surface area contributed by atoms with Crippen molar-refractivity contribution < 1.29 is 0 Å². The van der Waals surface area contributed by atoms with Crippen LogP contribution < -0.4 is 10.6 Å². The van der Waals surface area contributed by atoms with Crippen molar-refractivity contribution in [3.63, 3.8) is 0 Å². The van der Waals surface area contributed by atoms with Crippen molar-refractivity contribution in [3.8, 4) is 0 Å². The second kappa shape index (κ2) is 6.37. The van der Waals surface area contributed by atoms with E-state index in [2.05, 4.69) is 35.8 Å². The monoisotopic (exact) mass is 280 g/mol. The molecule has 0 aliphatic heterocycles. The van der Waals surface area contributed by atoms with Gasteiger partial charge in [0.1, 0.15) is 0 Å². The van der Waals surface area contributed by atoms with Crippen molar-refractivity contribution in [2.75, 3.05) is 0 Å². The van der Waals surface area contributed by atoms with Crippen LogP contribution in [0.25, 0.3) is 0 Å². The summed E-state index contributed by atoms with van der Waals surface area (Å²) in [5.41, 5.74) is 2.29. The van der Waals surface area contributed by atoms with Crippen LogP contribution in [-0.4, -0.2) is 20.9 Å². The Morgan fingerprint density at radius 1 is 1.53 bits per heavy atom. The number of aromatic nitrogens is 2. The molecule has 1 unspecified atom stereocenters. The number of hydrogen-bond acceptors (Lipinski definition) is 2. The lowest BCUT2D eigenvalue weighted by atomic mass is 10.1. The minimum atomic E-state index is 0.196. The van der Waals surface area contributed by atoms with Gasteiger partial charge in [-0.25, -0.2) is 0 Å². The Morgan fingerprint density at radius 2 is 2.21 bits per heavy atom. The van der Waals surface area contributed by atoms with Crippen LogP contribution in [0.1, 0.15) is 56.8 Å². The lowest BCUT2D eigenvalue weighted by Gasteiger charge is -2.19. The Balaban J connectivity index is 1.90. The molecule has 1 aromatic heterocycles. The summed E-state index contributed by atoms with van der Waals surface area (Å²) in [6, 6.07) is 0.758. The Hall–Kier alpha value is -1.10. The highest BCUT2D eigenvalue weighted by Crippen LogP contribution is 2.18. The van der Waals surface area contributed by atoms with E-state index in [0.717, 1.165) is 17.4 Å². The van der Waals surface area contributed by atoms with E-state index in [4.69, 9.17) is 12.2 Å². The Kier molecular flexibility index (Phi) is 4.80. The molecule has 0 radical (unpaired) electrons. The predicted octanol–water partition coefficient (Wildman–Crippen LogP) is 2.68. The van der Waals surface area contributed by atoms with E-state index >= 15 is 0 Å². The van der Waals surface area contributed by atoms with E-state index < -0.39 is 0 Å². The van der Waals surface area contributed by atoms with Crippen molar-refractivity contribution >= 4 is 17.3 Å². The molecule has 0 saturated heterocycles. The molecule has 0 amide bonds. The fraction of sp³-hybridized carbons (Fsp3) is 0.714. The molecule has 1 aromatic rings. The van der Waals surface area contributed by atoms with Gasteiger partial charge in [0.05, 0.1) is 11.7 Å². The molecule has 1 heterocycles. The number of nitrogens with zero attached hydrogens (tertiary/aromatic N) is 2. The highest BCUT2D eigenvalue weighted by molar-refractivity contribution is 7.80. The summed E-state index contributed by atoms with van der Waals surface area (Å²) in [4.78, 5) is 0. The SMILES string of the molecule is CCn1cc(C(C)NC(=S)NC2CCCC2)c(C)n1. The molecular weight excluding hydrogens is 256 g/mol. The molecule has 2 rings (SSSR count). The zero-order chi connectivity index (χ0) is 13.8. The molecule has 2 N–H and O–H groups in total. The fourth-order valence-electron chi connectivity index (χ4n) is 2.69. The first-order valence-corrected chi connectivity index (χ1v) is 7.62. The largest absolute Gasteiger partial charge is 0.360 e. The second-order valence-corrected chi connectivity index (χ2v) is 5.75. The van der Waals surface area contributed by atoms with Gasteiger partial charge in [0.2, 0.25) is 0 Å². The van der Waals surface area contributed by atoms with Crippen LogP contribution in [0, 0.1) is 6.92 Å². The minimum absolute atomic E-state index is 0.196. The van der Waals surface area contributed by atoms with Gasteiger partial charge in [-0.05, 0) is 45.8 Å². The van der Waals surface area contributed by atoms with Gasteiger partial charge >= 0.3 is 0 Å². The van der Waals surface area contributed by atoms with E-state index in [0.29, 0.717) is 6.04 Å². The Morgan fingerprint density at radius 3 is 2.79 bits per heavy atom. The molecule has 0 bridgehead atoms. The maximum Gasteiger partial charge on any atom is 0.166 e. The highest BCUT2D eigenvalue weighted by atomic mass is 32.1. The molecule has 1 atom stereocenters. The topological polar surface area (TPSA) is 41.9 Å². The molecule has 0 spiro atoms. The zero-order valence-corrected chi connectivity index (χ0v) is 12.9. The molecule has 1 saturated carbocycles. The van der Waals surface area contributed by atoms with Gasteiger partial charge in [-0.1, -0.05) is 12.8 Å². The molecular formula is C14H24N4S. The number of hydrogen-bond donors (Lipinski definition) is 2. The highest BCUT2D eigenvalue weighted by Gasteiger charge is 2.17. The summed E-state index contributed by atoms with van der Waals surface area (Å²) in [6.07, 6.45) is 7.22. The fourth-order valence-corrected chi connectivity index (χ4v) is 3.04. The first-order chi connectivity index (χ1) is 9.10. The molecule has 1 aliphatic carbocycles. The molecule has 4 nitrogen and oxygen atoms in total. The number of thiocarbonyl (C=S) groups is 1. The summed E-state index contributed by atoms with van der Waals surface area (Å²) in [5.74, 6) is 0. The van der Waals surface area contributed by atoms with Gasteiger partial charge in [0.25, 0.3) is 0 Å². The molecule has 106 valence electrons. The van der Waals surface area contributed by atoms with Gasteiger partial charge in [0.15, 0.2) is 5.11 Å². The molecule has 1 aliphatic rings. The van der Waals surface area contributed by atoms with Crippen molar-refractivity contribution in [2.45, 2.75) is 65.1 Å². The van der Waals surface area contributed by atoms with Crippen LogP contribution in [0.5, 0.6) is 0 Å². The summed E-state index contributed by atoms with van der Waals surface area (Å²) < 4.78 is 1.97. The summed E-state index contributed by atoms with van der Waals surface area (Å²) in [6.45, 7) is 7.18. The van der Waals surface area contributed by atoms with E-state index in [1.165, 1.54) is 31.2 Å². The van der Waals surface area contributed by atoms with Gasteiger partial charge < -0.3 is 10.6 Å². The van der Waals surface area contributed by atoms with Crippen molar-refractivity contribution in [2.24, 2.45) is 0 Å². The third kappa shape index (κ3) is 3.69. The summed E-state index contributed by atoms with van der Waals surface area (Å²) in [7, 11) is 0. The van der Waals surface area contributed by atoms with Crippen molar-refractivity contribution in [3.05, 3.63) is 17.5 Å². The van der Waals surface area contributed by atoms with Crippen molar-refractivity contribution in [1.29, 1.82) is 0 Å². The van der Waals surface area contributed by atoms with Crippen LogP contribution in [0.15, 0.2) is 6.20 Å². The molecule has 0 aromatic carbocycles. The Labute approximate surface area is 121 Å². The van der Waals surface area contributed by atoms with E-state index in [-0.39, 0.29) is 6.04 Å². The second-order valence-electron chi connectivity index (χ2n) is 5.35. The van der Waals surface area contributed by atoms with E-state index in [1.54, 1.807) is 0 Å². The number of aryl methyl sites for hydroxylation is 2. The molecule has 19 heavy (non-hydrogen) atoms. The lowest BCUT2D eigenvalue weighted by Crippen LogP contribution is -2.41. The van der Waals surface area contributed by atoms with Crippen LogP contribution >= 0.6 is 12.2 Å². The van der Waals surface area contributed by atoms with Crippen LogP contribution in [0.4, 0.5) is 0 Å². The Bertz CT molecular complexity index is 435. The quantitative estimate of drug-likeness (QED) is 0.832. The minimum Gasteiger partial charge on any atom is -0.360 e. The van der Waals surface area contributed by atoms with Crippen LogP contribution in [-0.2, 0) is 6.54 Å². The normalized spacial score (nSPS) is 17.4. The first-order valence-electron chi connectivity index (χ1n) is 7.21. The van der Waals surface area contributed by atoms with Gasteiger partial charge in [-0.15, -0.1) is 0 Å². The van der Waals surface area contributed by atoms with Crippen LogP contribution in [0.3, 0.4) is 0 Å². The summed E-state index contributed by atoms with van der Waals surface area (Å²) >= 11 is 5.40. The summed E-state index contributed by atoms with van der Waals surface area (Å²) in [5, 5.41) is 12.0. The lowest BCUT2D eigenvalue weighted by molar-refractivity contribution is 0.604. The average Bonchev–Trinajstić information content (AvgIpc) is 2.98. The van der Waals surface area contributed by atoms with E-state index in [1.807, 2.05) is 11.6 Å². The number of nitrogens with one attached hydrogen (secondary N) is 2. The maximum absolute atomic E-state index is 5.40. The van der Waals surface area contributed by atoms with Gasteiger partial charge in [-0.3, -0.25) is 4.68 Å². The maximum atomic E-state index is 5.40. The number of rotatable bonds is 4. The average molecular weight is 280 g/mol. The smallest absolute Gasteiger partial charge is 0.166 e. The zero-order valence-electron chi connectivity index (χ0n) is 12.1. The van der Waals surface area contributed by atoms with Crippen molar-refractivity contribution in [1.82, 2.24) is 20.4 Å². The van der Waals surface area contributed by atoms with E-state index in [9.17, 15) is 0 Å².